The second kappa shape index (κ2) is 19.5. The zero-order valence-corrected chi connectivity index (χ0v) is 50.1. The average molecular weight is 1270 g/mol. The van der Waals surface area contributed by atoms with E-state index in [1.165, 1.54) is 38.2 Å². The van der Waals surface area contributed by atoms with Crippen molar-refractivity contribution < 1.29 is 57.3 Å². The van der Waals surface area contributed by atoms with Crippen LogP contribution >= 0.6 is 31.9 Å². The number of hydrogen-bond donors (Lipinski definition) is 0. The van der Waals surface area contributed by atoms with Gasteiger partial charge in [-0.1, -0.05) is 141 Å². The molecule has 0 radical (unpaired) electrons. The number of carbonyl (C=O) groups excluding carboxylic acids is 8. The van der Waals surface area contributed by atoms with Crippen LogP contribution in [-0.2, 0) is 49.0 Å². The topological polar surface area (TPSA) is 180 Å². The lowest BCUT2D eigenvalue weighted by atomic mass is 9.45. The first kappa shape index (κ1) is 54.1. The van der Waals surface area contributed by atoms with Gasteiger partial charge in [-0.2, -0.15) is 0 Å². The van der Waals surface area contributed by atoms with Crippen LogP contribution in [0.25, 0.3) is 43.1 Å². The molecule has 9 aromatic carbocycles. The number of amides is 4. The van der Waals surface area contributed by atoms with E-state index in [0.29, 0.717) is 74.3 Å². The molecule has 0 aromatic heterocycles. The van der Waals surface area contributed by atoms with Crippen LogP contribution in [0.2, 0.25) is 0 Å². The van der Waals surface area contributed by atoms with Crippen molar-refractivity contribution in [2.24, 2.45) is 23.7 Å². The monoisotopic (exact) mass is 1270 g/mol. The molecule has 6 aliphatic carbocycles. The first-order valence-corrected chi connectivity index (χ1v) is 30.3. The van der Waals surface area contributed by atoms with Gasteiger partial charge in [0.25, 0.3) is 23.6 Å². The highest BCUT2D eigenvalue weighted by atomic mass is 79.9. The second-order valence-electron chi connectivity index (χ2n) is 23.5. The Morgan fingerprint density at radius 1 is 0.407 bits per heavy atom. The Labute approximate surface area is 509 Å². The summed E-state index contributed by atoms with van der Waals surface area (Å²) in [4.78, 5) is 119. The summed E-state index contributed by atoms with van der Waals surface area (Å²) in [7, 11) is 5.28. The van der Waals surface area contributed by atoms with Crippen LogP contribution in [0.15, 0.2) is 142 Å². The van der Waals surface area contributed by atoms with Gasteiger partial charge in [-0.3, -0.25) is 48.2 Å². The summed E-state index contributed by atoms with van der Waals surface area (Å²) in [6, 6.07) is 42.0. The summed E-state index contributed by atoms with van der Waals surface area (Å²) in [5.41, 5.74) is 6.39. The molecule has 0 fully saturated rings. The summed E-state index contributed by atoms with van der Waals surface area (Å²) < 4.78 is 23.0. The van der Waals surface area contributed by atoms with Crippen LogP contribution in [0.5, 0.6) is 0 Å². The maximum absolute atomic E-state index is 15.1. The number of esters is 4. The molecule has 0 N–H and O–H groups in total. The molecule has 8 aliphatic rings. The summed E-state index contributed by atoms with van der Waals surface area (Å²) in [6.07, 6.45) is 1.10. The Morgan fingerprint density at radius 3 is 1.05 bits per heavy atom. The fourth-order valence-electron chi connectivity index (χ4n) is 17.3. The van der Waals surface area contributed by atoms with E-state index in [9.17, 15) is 19.2 Å². The van der Waals surface area contributed by atoms with E-state index in [4.69, 9.17) is 18.9 Å². The van der Waals surface area contributed by atoms with Crippen molar-refractivity contribution >= 4 is 122 Å². The molecule has 4 amide bonds. The normalized spacial score (nSPS) is 23.6. The minimum atomic E-state index is -1.07. The highest BCUT2D eigenvalue weighted by Gasteiger charge is 2.65. The highest BCUT2D eigenvalue weighted by Crippen LogP contribution is 2.66. The third-order valence-corrected chi connectivity index (χ3v) is 21.5. The number of imide groups is 2. The van der Waals surface area contributed by atoms with Crippen molar-refractivity contribution in [2.75, 3.05) is 41.5 Å². The Morgan fingerprint density at radius 2 is 0.721 bits per heavy atom. The first-order valence-electron chi connectivity index (χ1n) is 28.7. The molecule has 14 nitrogen and oxygen atoms in total. The largest absolute Gasteiger partial charge is 0.469 e. The van der Waals surface area contributed by atoms with Crippen molar-refractivity contribution in [1.29, 1.82) is 0 Å². The first-order chi connectivity index (χ1) is 41.7. The lowest BCUT2D eigenvalue weighted by Crippen LogP contribution is -2.57. The number of rotatable bonds is 12. The Bertz CT molecular complexity index is 4220. The Hall–Kier alpha value is -8.60. The summed E-state index contributed by atoms with van der Waals surface area (Å²) in [6.45, 7) is -0.00513. The van der Waals surface area contributed by atoms with Gasteiger partial charge in [-0.15, -0.1) is 0 Å². The molecule has 9 aromatic rings. The van der Waals surface area contributed by atoms with E-state index in [1.807, 2.05) is 109 Å². The molecule has 4 atom stereocenters. The van der Waals surface area contributed by atoms with Gasteiger partial charge < -0.3 is 18.9 Å². The van der Waals surface area contributed by atoms with Gasteiger partial charge >= 0.3 is 23.9 Å². The van der Waals surface area contributed by atoms with Crippen LogP contribution in [-0.4, -0.2) is 98.8 Å². The maximum Gasteiger partial charge on any atom is 0.310 e. The van der Waals surface area contributed by atoms with Crippen molar-refractivity contribution in [3.8, 4) is 0 Å². The van der Waals surface area contributed by atoms with Gasteiger partial charge in [0.1, 0.15) is 0 Å². The third kappa shape index (κ3) is 6.82. The van der Waals surface area contributed by atoms with Gasteiger partial charge in [-0.05, 0) is 105 Å². The van der Waals surface area contributed by atoms with Gasteiger partial charge in [0.15, 0.2) is 0 Å². The summed E-state index contributed by atoms with van der Waals surface area (Å²) >= 11 is 7.75. The molecular formula is C70H52Br2N2O12. The lowest BCUT2D eigenvalue weighted by Gasteiger charge is -2.56. The zero-order chi connectivity index (χ0) is 59.6. The van der Waals surface area contributed by atoms with Crippen LogP contribution in [0, 0.1) is 23.7 Å². The number of halogens is 2. The van der Waals surface area contributed by atoms with Crippen molar-refractivity contribution in [3.63, 3.8) is 0 Å². The van der Waals surface area contributed by atoms with Gasteiger partial charge in [0.2, 0.25) is 0 Å². The van der Waals surface area contributed by atoms with Crippen LogP contribution in [0.4, 0.5) is 0 Å². The molecular weight excluding hydrogens is 1220 g/mol. The molecule has 2 heterocycles. The Kier molecular flexibility index (Phi) is 12.2. The molecule has 4 unspecified atom stereocenters. The van der Waals surface area contributed by atoms with Crippen LogP contribution in [0.1, 0.15) is 123 Å². The number of benzene rings is 9. The van der Waals surface area contributed by atoms with Crippen LogP contribution in [0.3, 0.4) is 0 Å². The summed E-state index contributed by atoms with van der Waals surface area (Å²) in [5.74, 6) is -8.72. The van der Waals surface area contributed by atoms with E-state index in [-0.39, 0.29) is 38.8 Å². The number of fused-ring (bicyclic) bond motifs is 4. The maximum atomic E-state index is 15.1. The second-order valence-corrected chi connectivity index (χ2v) is 25.2. The fraction of sp³-hybridized carbons (Fsp3) is 0.257. The van der Waals surface area contributed by atoms with E-state index in [0.717, 1.165) is 44.5 Å². The summed E-state index contributed by atoms with van der Waals surface area (Å²) in [5, 5.41) is 5.10. The van der Waals surface area contributed by atoms with E-state index in [2.05, 4.69) is 31.9 Å². The molecule has 0 saturated heterocycles. The predicted molar refractivity (Wildman–Crippen MR) is 325 cm³/mol. The molecule has 86 heavy (non-hydrogen) atoms. The Balaban J connectivity index is 0.775. The molecule has 2 aliphatic heterocycles. The number of carbonyl (C=O) groups is 8. The molecule has 4 bridgehead atoms. The number of methoxy groups -OCH3 is 4. The van der Waals surface area contributed by atoms with E-state index < -0.39 is 93.8 Å². The molecule has 17 rings (SSSR count). The SMILES string of the molecule is COC(=O)C1C2c3ccccc3C(CCCN3C(=O)c4ccc5c6c(Br)cc7c8c(ccc(c9c(Br)cc(c4c59)C3=O)c86)C(=O)N(CCCC34c5ccccc5C(c5ccccc53)C(C(=O)OC)C4C(=O)OC)C7=O)(c3ccccc32)C1C(=O)OC. The standard InChI is InChI=1S/C70H52Br2N2O12/c1-83-65(79)57-49-33-15-5-9-19-43(33)69(59(57)67(81)85-3,44-20-10-6-16-34(44)49)27-13-29-73-61(75)39-25-23-37-54-48(72)32-42-52-40(26-24-38(56(52)54)53-47(71)31-41(63(73)77)51(39)55(37)53)62(76)74(64(42)78)30-14-28-70-45-21-11-7-17-35(45)50(36-18-8-12-22-46(36)70)58(66(80)84-2)60(70)68(82)86-4/h5-12,15-26,31-32,49-50,57-60H,13-14,27-30H2,1-4H3. The van der Waals surface area contributed by atoms with Gasteiger partial charge in [-0.25, -0.2) is 0 Å². The molecule has 0 spiro atoms. The number of hydrogen-bond acceptors (Lipinski definition) is 12. The minimum Gasteiger partial charge on any atom is -0.469 e. The predicted octanol–water partition coefficient (Wildman–Crippen LogP) is 12.1. The lowest BCUT2D eigenvalue weighted by molar-refractivity contribution is -0.163. The minimum absolute atomic E-state index is 0.00257. The molecule has 428 valence electrons. The van der Waals surface area contributed by atoms with Crippen molar-refractivity contribution in [3.05, 3.63) is 209 Å². The van der Waals surface area contributed by atoms with Crippen LogP contribution < -0.4 is 0 Å². The van der Waals surface area contributed by atoms with Gasteiger partial charge in [0, 0.05) is 99.3 Å². The highest BCUT2D eigenvalue weighted by molar-refractivity contribution is 9.11. The van der Waals surface area contributed by atoms with E-state index in [1.54, 1.807) is 24.3 Å². The fourth-order valence-corrected chi connectivity index (χ4v) is 18.6. The van der Waals surface area contributed by atoms with E-state index >= 15 is 19.2 Å². The number of nitrogens with zero attached hydrogens (tertiary/aromatic N) is 2. The molecule has 0 saturated carbocycles. The van der Waals surface area contributed by atoms with Gasteiger partial charge in [0.05, 0.1) is 52.1 Å². The smallest absolute Gasteiger partial charge is 0.310 e. The van der Waals surface area contributed by atoms with Crippen molar-refractivity contribution in [2.45, 2.75) is 48.3 Å². The molecule has 16 heteroatoms. The van der Waals surface area contributed by atoms with Crippen molar-refractivity contribution in [1.82, 2.24) is 9.80 Å². The average Bonchev–Trinajstić information content (AvgIpc) is 0.707. The quantitative estimate of drug-likeness (QED) is 0.0372. The third-order valence-electron chi connectivity index (χ3n) is 20.3. The number of ether oxygens (including phenoxy) is 4. The zero-order valence-electron chi connectivity index (χ0n) is 47.0.